The zero-order valence-electron chi connectivity index (χ0n) is 6.75. The Bertz CT molecular complexity index is 135. The van der Waals surface area contributed by atoms with Gasteiger partial charge in [-0.3, -0.25) is 4.79 Å². The predicted molar refractivity (Wildman–Crippen MR) is 30.9 cm³/mol. The van der Waals surface area contributed by atoms with Crippen LogP contribution in [0.15, 0.2) is 0 Å². The third kappa shape index (κ3) is 9.54. The third-order valence-corrected chi connectivity index (χ3v) is 0.839. The van der Waals surface area contributed by atoms with Crippen molar-refractivity contribution in [2.24, 2.45) is 0 Å². The van der Waals surface area contributed by atoms with Crippen LogP contribution in [-0.4, -0.2) is 18.5 Å². The van der Waals surface area contributed by atoms with E-state index in [1.165, 1.54) is 0 Å². The number of aliphatic carboxylic acids is 1. The molecule has 0 amide bonds. The first-order chi connectivity index (χ1) is 4.66. The van der Waals surface area contributed by atoms with Crippen LogP contribution in [0.3, 0.4) is 0 Å². The molecule has 58 valence electrons. The molecule has 0 spiro atoms. The van der Waals surface area contributed by atoms with Gasteiger partial charge in [-0.2, -0.15) is 0 Å². The summed E-state index contributed by atoms with van der Waals surface area (Å²) in [5.74, 6) is -1.72. The van der Waals surface area contributed by atoms with Crippen molar-refractivity contribution >= 4 is 11.9 Å². The number of hydrogen-bond acceptors (Lipinski definition) is 4. The molecular formula is C6H9LiO4. The number of ether oxygens (including phenoxy) is 1. The van der Waals surface area contributed by atoms with Crippen molar-refractivity contribution in [2.75, 3.05) is 6.61 Å². The number of carbonyl (C=O) groups excluding carboxylic acids is 2. The molecule has 0 aliphatic carbocycles. The molecule has 0 aliphatic heterocycles. The summed E-state index contributed by atoms with van der Waals surface area (Å²) in [6.45, 7) is 1.95. The second kappa shape index (κ2) is 7.64. The van der Waals surface area contributed by atoms with Crippen LogP contribution < -0.4 is 24.0 Å². The molecule has 0 bridgehead atoms. The van der Waals surface area contributed by atoms with E-state index in [0.29, 0.717) is 0 Å². The van der Waals surface area contributed by atoms with Gasteiger partial charge in [0.2, 0.25) is 0 Å². The van der Waals surface area contributed by atoms with E-state index in [0.717, 1.165) is 0 Å². The van der Waals surface area contributed by atoms with Gasteiger partial charge < -0.3 is 14.6 Å². The van der Waals surface area contributed by atoms with Crippen LogP contribution in [0.4, 0.5) is 0 Å². The zero-order chi connectivity index (χ0) is 7.98. The fourth-order valence-corrected chi connectivity index (χ4v) is 0.437. The summed E-state index contributed by atoms with van der Waals surface area (Å²) in [4.78, 5) is 20.2. The van der Waals surface area contributed by atoms with E-state index >= 15 is 0 Å². The van der Waals surface area contributed by atoms with Crippen LogP contribution in [0.1, 0.15) is 19.8 Å². The van der Waals surface area contributed by atoms with Crippen molar-refractivity contribution < 1.29 is 38.3 Å². The summed E-state index contributed by atoms with van der Waals surface area (Å²) in [6.07, 6.45) is -0.366. The van der Waals surface area contributed by atoms with Gasteiger partial charge in [0.1, 0.15) is 0 Å². The molecule has 0 saturated heterocycles. The Balaban J connectivity index is 0. The van der Waals surface area contributed by atoms with E-state index in [9.17, 15) is 14.7 Å². The molecule has 0 unspecified atom stereocenters. The molecule has 0 heterocycles. The first kappa shape index (κ1) is 13.2. The Morgan fingerprint density at radius 3 is 2.27 bits per heavy atom. The summed E-state index contributed by atoms with van der Waals surface area (Å²) in [6, 6.07) is 0. The van der Waals surface area contributed by atoms with Gasteiger partial charge in [0.15, 0.2) is 0 Å². The Hall–Kier alpha value is -0.463. The molecule has 0 rings (SSSR count). The quantitative estimate of drug-likeness (QED) is 0.305. The average molecular weight is 152 g/mol. The van der Waals surface area contributed by atoms with Crippen LogP contribution in [0.5, 0.6) is 0 Å². The molecule has 0 saturated carbocycles. The molecule has 0 aromatic carbocycles. The molecule has 5 heteroatoms. The summed E-state index contributed by atoms with van der Waals surface area (Å²) < 4.78 is 4.46. The molecule has 0 aliphatic rings. The second-order valence-corrected chi connectivity index (χ2v) is 1.68. The zero-order valence-corrected chi connectivity index (χ0v) is 6.75. The molecular weight excluding hydrogens is 143 g/mol. The minimum atomic E-state index is -1.23. The molecule has 0 aromatic rings. The standard InChI is InChI=1S/C6H10O4.Li/c1-2-10-6(9)4-3-5(7)8;/h2-4H2,1H3,(H,7,8);/q;+1/p-1. The van der Waals surface area contributed by atoms with E-state index < -0.39 is 11.9 Å². The molecule has 0 radical (unpaired) electrons. The van der Waals surface area contributed by atoms with E-state index in [4.69, 9.17) is 0 Å². The normalized spacial score (nSPS) is 8.09. The number of rotatable bonds is 4. The van der Waals surface area contributed by atoms with Crippen LogP contribution >= 0.6 is 0 Å². The van der Waals surface area contributed by atoms with Crippen molar-refractivity contribution in [1.82, 2.24) is 0 Å². The van der Waals surface area contributed by atoms with E-state index in [-0.39, 0.29) is 38.3 Å². The summed E-state index contributed by atoms with van der Waals surface area (Å²) in [5, 5.41) is 9.79. The van der Waals surface area contributed by atoms with E-state index in [1.807, 2.05) is 0 Å². The minimum Gasteiger partial charge on any atom is -0.550 e. The first-order valence-corrected chi connectivity index (χ1v) is 3.02. The average Bonchev–Trinajstić information content (AvgIpc) is 1.85. The smallest absolute Gasteiger partial charge is 0.550 e. The number of hydrogen-bond donors (Lipinski definition) is 0. The molecule has 0 aromatic heterocycles. The number of carboxylic acid groups (broad SMARTS) is 1. The van der Waals surface area contributed by atoms with Gasteiger partial charge in [0.25, 0.3) is 0 Å². The number of carboxylic acids is 1. The Kier molecular flexibility index (Phi) is 9.14. The van der Waals surface area contributed by atoms with Gasteiger partial charge in [0.05, 0.1) is 13.0 Å². The van der Waals surface area contributed by atoms with Gasteiger partial charge in [-0.25, -0.2) is 0 Å². The number of esters is 1. The van der Waals surface area contributed by atoms with Crippen molar-refractivity contribution in [3.8, 4) is 0 Å². The largest absolute Gasteiger partial charge is 1.00 e. The topological polar surface area (TPSA) is 66.4 Å². The van der Waals surface area contributed by atoms with Gasteiger partial charge in [-0.1, -0.05) is 0 Å². The van der Waals surface area contributed by atoms with Gasteiger partial charge in [0, 0.05) is 5.97 Å². The maximum absolute atomic E-state index is 10.4. The fourth-order valence-electron chi connectivity index (χ4n) is 0.437. The van der Waals surface area contributed by atoms with Gasteiger partial charge in [-0.15, -0.1) is 0 Å². The molecule has 0 fully saturated rings. The molecule has 11 heavy (non-hydrogen) atoms. The Morgan fingerprint density at radius 1 is 1.36 bits per heavy atom. The third-order valence-electron chi connectivity index (χ3n) is 0.839. The summed E-state index contributed by atoms with van der Waals surface area (Å²) in [7, 11) is 0. The van der Waals surface area contributed by atoms with Crippen LogP contribution in [-0.2, 0) is 14.3 Å². The molecule has 4 nitrogen and oxygen atoms in total. The van der Waals surface area contributed by atoms with Crippen molar-refractivity contribution in [3.05, 3.63) is 0 Å². The molecule has 0 atom stereocenters. The Labute approximate surface area is 77.1 Å². The minimum absolute atomic E-state index is 0. The SMILES string of the molecule is CCOC(=O)CCC(=O)[O-].[Li+]. The fraction of sp³-hybridized carbons (Fsp3) is 0.667. The van der Waals surface area contributed by atoms with Crippen molar-refractivity contribution in [2.45, 2.75) is 19.8 Å². The second-order valence-electron chi connectivity index (χ2n) is 1.68. The molecule has 0 N–H and O–H groups in total. The van der Waals surface area contributed by atoms with Crippen molar-refractivity contribution in [3.63, 3.8) is 0 Å². The van der Waals surface area contributed by atoms with Crippen LogP contribution in [0.2, 0.25) is 0 Å². The first-order valence-electron chi connectivity index (χ1n) is 3.02. The van der Waals surface area contributed by atoms with Crippen LogP contribution in [0, 0.1) is 0 Å². The predicted octanol–water partition coefficient (Wildman–Crippen LogP) is -3.92. The van der Waals surface area contributed by atoms with Crippen molar-refractivity contribution in [1.29, 1.82) is 0 Å². The van der Waals surface area contributed by atoms with E-state index in [1.54, 1.807) is 6.92 Å². The monoisotopic (exact) mass is 152 g/mol. The Morgan fingerprint density at radius 2 is 1.91 bits per heavy atom. The van der Waals surface area contributed by atoms with Gasteiger partial charge in [-0.05, 0) is 13.3 Å². The number of carbonyl (C=O) groups is 2. The summed E-state index contributed by atoms with van der Waals surface area (Å²) >= 11 is 0. The van der Waals surface area contributed by atoms with E-state index in [2.05, 4.69) is 4.74 Å². The summed E-state index contributed by atoms with van der Waals surface area (Å²) in [5.41, 5.74) is 0. The van der Waals surface area contributed by atoms with Crippen LogP contribution in [0.25, 0.3) is 0 Å². The maximum Gasteiger partial charge on any atom is 1.00 e. The maximum atomic E-state index is 10.4. The van der Waals surface area contributed by atoms with Gasteiger partial charge >= 0.3 is 24.8 Å².